The highest BCUT2D eigenvalue weighted by molar-refractivity contribution is 7.15. The molecule has 1 fully saturated rings. The molecule has 4 rings (SSSR count). The van der Waals surface area contributed by atoms with E-state index < -0.39 is 0 Å². The third-order valence-electron chi connectivity index (χ3n) is 4.65. The van der Waals surface area contributed by atoms with Gasteiger partial charge in [0.2, 0.25) is 5.13 Å². The molecule has 6 nitrogen and oxygen atoms in total. The number of amides is 1. The Morgan fingerprint density at radius 2 is 2.04 bits per heavy atom. The normalized spacial score (nSPS) is 16.5. The molecule has 2 aromatic heterocycles. The number of likely N-dealkylation sites (tertiary alicyclic amines) is 1. The maximum Gasteiger partial charge on any atom is 0.254 e. The van der Waals surface area contributed by atoms with E-state index in [9.17, 15) is 4.79 Å². The highest BCUT2D eigenvalue weighted by Gasteiger charge is 2.31. The fourth-order valence-electron chi connectivity index (χ4n) is 3.33. The van der Waals surface area contributed by atoms with Crippen LogP contribution in [0.2, 0.25) is 0 Å². The molecule has 0 spiro atoms. The molecule has 1 aliphatic heterocycles. The number of hydrogen-bond acceptors (Lipinski definition) is 6. The molecule has 1 N–H and O–H groups in total. The third kappa shape index (κ3) is 3.83. The van der Waals surface area contributed by atoms with Gasteiger partial charge >= 0.3 is 0 Å². The fourth-order valence-corrected chi connectivity index (χ4v) is 4.01. The molecule has 0 aliphatic carbocycles. The van der Waals surface area contributed by atoms with Gasteiger partial charge in [-0.05, 0) is 43.5 Å². The zero-order chi connectivity index (χ0) is 18.6. The van der Waals surface area contributed by atoms with Crippen molar-refractivity contribution in [3.05, 3.63) is 64.8 Å². The molecule has 7 heteroatoms. The lowest BCUT2D eigenvalue weighted by Crippen LogP contribution is -2.31. The predicted molar refractivity (Wildman–Crippen MR) is 106 cm³/mol. The predicted octanol–water partition coefficient (Wildman–Crippen LogP) is 4.22. The number of nitrogens with zero attached hydrogens (tertiary/aromatic N) is 4. The van der Waals surface area contributed by atoms with Crippen LogP contribution in [0.15, 0.2) is 48.5 Å². The highest BCUT2D eigenvalue weighted by Crippen LogP contribution is 2.33. The van der Waals surface area contributed by atoms with Gasteiger partial charge in [-0.1, -0.05) is 42.5 Å². The minimum Gasteiger partial charge on any atom is -0.330 e. The molecule has 1 saturated heterocycles. The van der Waals surface area contributed by atoms with Crippen molar-refractivity contribution in [1.82, 2.24) is 20.1 Å². The van der Waals surface area contributed by atoms with E-state index in [2.05, 4.69) is 22.4 Å². The first kappa shape index (κ1) is 17.6. The minimum atomic E-state index is 0.0000730. The Labute approximate surface area is 162 Å². The molecule has 1 aromatic carbocycles. The van der Waals surface area contributed by atoms with Gasteiger partial charge in [-0.3, -0.25) is 4.79 Å². The largest absolute Gasteiger partial charge is 0.330 e. The SMILES string of the molecule is CCc1nnc(Nc2cccc([C@H]3CCCN3C(=O)c3ccccc3)n2)s1. The van der Waals surface area contributed by atoms with E-state index in [1.807, 2.05) is 53.4 Å². The van der Waals surface area contributed by atoms with Crippen molar-refractivity contribution in [2.45, 2.75) is 32.2 Å². The maximum absolute atomic E-state index is 12.9. The fraction of sp³-hybridized carbons (Fsp3) is 0.300. The van der Waals surface area contributed by atoms with Gasteiger partial charge in [-0.15, -0.1) is 10.2 Å². The van der Waals surface area contributed by atoms with Crippen molar-refractivity contribution in [3.8, 4) is 0 Å². The van der Waals surface area contributed by atoms with Crippen LogP contribution in [0.3, 0.4) is 0 Å². The van der Waals surface area contributed by atoms with Crippen LogP contribution in [0.25, 0.3) is 0 Å². The summed E-state index contributed by atoms with van der Waals surface area (Å²) in [5.74, 6) is 0.792. The van der Waals surface area contributed by atoms with Gasteiger partial charge in [-0.2, -0.15) is 0 Å². The number of carbonyl (C=O) groups is 1. The quantitative estimate of drug-likeness (QED) is 0.719. The van der Waals surface area contributed by atoms with E-state index in [0.29, 0.717) is 0 Å². The number of aromatic nitrogens is 3. The molecule has 1 amide bonds. The third-order valence-corrected chi connectivity index (χ3v) is 5.63. The first-order valence-corrected chi connectivity index (χ1v) is 9.98. The molecule has 3 heterocycles. The van der Waals surface area contributed by atoms with Gasteiger partial charge < -0.3 is 10.2 Å². The van der Waals surface area contributed by atoms with Gasteiger partial charge in [0, 0.05) is 12.1 Å². The number of benzene rings is 1. The average molecular weight is 379 g/mol. The number of rotatable bonds is 5. The van der Waals surface area contributed by atoms with Gasteiger partial charge in [0.1, 0.15) is 10.8 Å². The summed E-state index contributed by atoms with van der Waals surface area (Å²) >= 11 is 1.53. The molecule has 0 saturated carbocycles. The Kier molecular flexibility index (Phi) is 5.11. The van der Waals surface area contributed by atoms with Crippen LogP contribution in [-0.2, 0) is 6.42 Å². The Morgan fingerprint density at radius 1 is 1.19 bits per heavy atom. The van der Waals surface area contributed by atoms with E-state index >= 15 is 0 Å². The lowest BCUT2D eigenvalue weighted by Gasteiger charge is -2.24. The second kappa shape index (κ2) is 7.84. The van der Waals surface area contributed by atoms with E-state index in [-0.39, 0.29) is 11.9 Å². The number of nitrogens with one attached hydrogen (secondary N) is 1. The second-order valence-corrected chi connectivity index (χ2v) is 7.51. The molecule has 138 valence electrons. The van der Waals surface area contributed by atoms with Crippen LogP contribution in [0, 0.1) is 0 Å². The molecular formula is C20H21N5OS. The van der Waals surface area contributed by atoms with Crippen molar-refractivity contribution >= 4 is 28.2 Å². The summed E-state index contributed by atoms with van der Waals surface area (Å²) in [5, 5.41) is 13.2. The Bertz CT molecular complexity index is 927. The zero-order valence-corrected chi connectivity index (χ0v) is 15.9. The number of hydrogen-bond donors (Lipinski definition) is 1. The smallest absolute Gasteiger partial charge is 0.254 e. The standard InChI is InChI=1S/C20H21N5OS/c1-2-18-23-24-20(27-18)22-17-12-6-10-15(21-17)16-11-7-13-25(16)19(26)14-8-4-3-5-9-14/h3-6,8-10,12,16H,2,7,11,13H2,1H3,(H,21,22,24)/t16-/m1/s1. The van der Waals surface area contributed by atoms with Crippen LogP contribution in [0.1, 0.15) is 46.9 Å². The first-order valence-electron chi connectivity index (χ1n) is 9.17. The molecule has 3 aromatic rings. The summed E-state index contributed by atoms with van der Waals surface area (Å²) < 4.78 is 0. The van der Waals surface area contributed by atoms with Gasteiger partial charge in [0.15, 0.2) is 0 Å². The Morgan fingerprint density at radius 3 is 2.81 bits per heavy atom. The lowest BCUT2D eigenvalue weighted by molar-refractivity contribution is 0.0733. The molecule has 1 atom stereocenters. The van der Waals surface area contributed by atoms with Crippen LogP contribution in [-0.4, -0.2) is 32.5 Å². The molecular weight excluding hydrogens is 358 g/mol. The van der Waals surface area contributed by atoms with Gasteiger partial charge in [-0.25, -0.2) is 4.98 Å². The Balaban J connectivity index is 1.54. The molecule has 1 aliphatic rings. The lowest BCUT2D eigenvalue weighted by atomic mass is 10.1. The molecule has 27 heavy (non-hydrogen) atoms. The van der Waals surface area contributed by atoms with Crippen LogP contribution >= 0.6 is 11.3 Å². The second-order valence-electron chi connectivity index (χ2n) is 6.45. The van der Waals surface area contributed by atoms with Crippen LogP contribution in [0.5, 0.6) is 0 Å². The van der Waals surface area contributed by atoms with E-state index in [1.54, 1.807) is 0 Å². The monoisotopic (exact) mass is 379 g/mol. The highest BCUT2D eigenvalue weighted by atomic mass is 32.1. The number of carbonyl (C=O) groups excluding carboxylic acids is 1. The summed E-state index contributed by atoms with van der Waals surface area (Å²) in [6, 6.07) is 15.3. The van der Waals surface area contributed by atoms with Crippen LogP contribution in [0.4, 0.5) is 10.9 Å². The van der Waals surface area contributed by atoms with Crippen molar-refractivity contribution in [2.75, 3.05) is 11.9 Å². The summed E-state index contributed by atoms with van der Waals surface area (Å²) in [5.41, 5.74) is 1.63. The summed E-state index contributed by atoms with van der Waals surface area (Å²) in [7, 11) is 0. The van der Waals surface area contributed by atoms with E-state index in [1.165, 1.54) is 11.3 Å². The van der Waals surface area contributed by atoms with Gasteiger partial charge in [0.25, 0.3) is 5.91 Å². The summed E-state index contributed by atoms with van der Waals surface area (Å²) in [6.45, 7) is 2.82. The summed E-state index contributed by atoms with van der Waals surface area (Å²) in [6.07, 6.45) is 2.78. The average Bonchev–Trinajstić information content (AvgIpc) is 3.38. The minimum absolute atomic E-state index is 0.0000730. The van der Waals surface area contributed by atoms with Crippen molar-refractivity contribution in [2.24, 2.45) is 0 Å². The van der Waals surface area contributed by atoms with Crippen LogP contribution < -0.4 is 5.32 Å². The van der Waals surface area contributed by atoms with Gasteiger partial charge in [0.05, 0.1) is 11.7 Å². The van der Waals surface area contributed by atoms with E-state index in [4.69, 9.17) is 4.98 Å². The Hall–Kier alpha value is -2.80. The molecule has 0 radical (unpaired) electrons. The zero-order valence-electron chi connectivity index (χ0n) is 15.1. The summed E-state index contributed by atoms with van der Waals surface area (Å²) in [4.78, 5) is 19.6. The van der Waals surface area contributed by atoms with Crippen molar-refractivity contribution < 1.29 is 4.79 Å². The number of aryl methyl sites for hydroxylation is 1. The number of anilines is 2. The van der Waals surface area contributed by atoms with Crippen molar-refractivity contribution in [3.63, 3.8) is 0 Å². The topological polar surface area (TPSA) is 71.0 Å². The molecule has 0 unspecified atom stereocenters. The number of pyridine rings is 1. The molecule has 0 bridgehead atoms. The first-order chi connectivity index (χ1) is 13.2. The van der Waals surface area contributed by atoms with E-state index in [0.717, 1.165) is 53.0 Å². The maximum atomic E-state index is 12.9. The van der Waals surface area contributed by atoms with Crippen molar-refractivity contribution in [1.29, 1.82) is 0 Å².